The van der Waals surface area contributed by atoms with E-state index >= 15 is 0 Å². The first-order valence-corrected chi connectivity index (χ1v) is 9.21. The van der Waals surface area contributed by atoms with Crippen molar-refractivity contribution in [3.63, 3.8) is 0 Å². The molecule has 0 saturated heterocycles. The molecule has 0 radical (unpaired) electrons. The van der Waals surface area contributed by atoms with Crippen LogP contribution in [0.25, 0.3) is 11.1 Å². The minimum absolute atomic E-state index is 0.815. The predicted octanol–water partition coefficient (Wildman–Crippen LogP) is 6.21. The average Bonchev–Trinajstić information content (AvgIpc) is 3.05. The van der Waals surface area contributed by atoms with Crippen LogP contribution in [-0.2, 0) is 0 Å². The molecule has 0 aromatic heterocycles. The molecule has 1 aliphatic heterocycles. The lowest BCUT2D eigenvalue weighted by Gasteiger charge is -2.16. The van der Waals surface area contributed by atoms with Gasteiger partial charge in [0.25, 0.3) is 0 Å². The number of aliphatic imine (C=N–C) groups is 1. The highest BCUT2D eigenvalue weighted by molar-refractivity contribution is 5.96. The van der Waals surface area contributed by atoms with Crippen molar-refractivity contribution in [2.45, 2.75) is 13.8 Å². The summed E-state index contributed by atoms with van der Waals surface area (Å²) in [5.41, 5.74) is 5.34. The van der Waals surface area contributed by atoms with Crippen molar-refractivity contribution >= 4 is 17.1 Å². The number of allylic oxidation sites excluding steroid dienone is 1. The van der Waals surface area contributed by atoms with Crippen molar-refractivity contribution < 1.29 is 4.74 Å². The number of para-hydroxylation sites is 1. The maximum Gasteiger partial charge on any atom is 0.202 e. The van der Waals surface area contributed by atoms with Gasteiger partial charge in [-0.2, -0.15) is 0 Å². The van der Waals surface area contributed by atoms with Gasteiger partial charge in [0.05, 0.1) is 11.4 Å². The minimum Gasteiger partial charge on any atom is -0.439 e. The molecule has 0 spiro atoms. The Morgan fingerprint density at radius 2 is 1.63 bits per heavy atom. The molecule has 0 bridgehead atoms. The van der Waals surface area contributed by atoms with E-state index < -0.39 is 0 Å². The Bertz CT molecular complexity index is 991. The number of rotatable bonds is 4. The van der Waals surface area contributed by atoms with E-state index in [0.29, 0.717) is 0 Å². The molecule has 0 saturated carbocycles. The Hall–Kier alpha value is -3.33. The molecule has 3 heteroatoms. The first-order chi connectivity index (χ1) is 13.2. The molecule has 3 aromatic rings. The number of hydrogen-bond donors (Lipinski definition) is 0. The standard InChI is InChI=1S/C24H22N2O/c1-3-26-22-17-20(19-10-6-4-7-11-19)14-15-23(22)27-24(26)16-18(2)25-21-12-8-5-9-13-21/h4-17H,3H2,1-2H3/b24-16+,25-18?. The molecular weight excluding hydrogens is 332 g/mol. The van der Waals surface area contributed by atoms with Crippen LogP contribution in [0.2, 0.25) is 0 Å². The normalized spacial score (nSPS) is 15.0. The zero-order valence-electron chi connectivity index (χ0n) is 15.6. The van der Waals surface area contributed by atoms with Gasteiger partial charge in [-0.15, -0.1) is 0 Å². The van der Waals surface area contributed by atoms with E-state index in [-0.39, 0.29) is 0 Å². The lowest BCUT2D eigenvalue weighted by atomic mass is 10.0. The summed E-state index contributed by atoms with van der Waals surface area (Å²) in [6.07, 6.45) is 2.00. The lowest BCUT2D eigenvalue weighted by Crippen LogP contribution is -2.20. The third-order valence-electron chi connectivity index (χ3n) is 4.55. The molecule has 0 fully saturated rings. The summed E-state index contributed by atoms with van der Waals surface area (Å²) in [6.45, 7) is 4.95. The number of fused-ring (bicyclic) bond motifs is 1. The van der Waals surface area contributed by atoms with Crippen LogP contribution >= 0.6 is 0 Å². The van der Waals surface area contributed by atoms with Gasteiger partial charge in [-0.05, 0) is 49.2 Å². The Morgan fingerprint density at radius 1 is 0.926 bits per heavy atom. The Morgan fingerprint density at radius 3 is 2.33 bits per heavy atom. The van der Waals surface area contributed by atoms with Crippen LogP contribution in [0.4, 0.5) is 11.4 Å². The molecular formula is C24H22N2O. The predicted molar refractivity (Wildman–Crippen MR) is 113 cm³/mol. The quantitative estimate of drug-likeness (QED) is 0.521. The van der Waals surface area contributed by atoms with Crippen molar-refractivity contribution in [1.82, 2.24) is 0 Å². The summed E-state index contributed by atoms with van der Waals surface area (Å²) in [5.74, 6) is 1.70. The Kier molecular flexibility index (Phi) is 4.75. The van der Waals surface area contributed by atoms with E-state index in [1.165, 1.54) is 11.1 Å². The summed E-state index contributed by atoms with van der Waals surface area (Å²) in [6, 6.07) is 26.7. The number of nitrogens with zero attached hydrogens (tertiary/aromatic N) is 2. The number of anilines is 1. The van der Waals surface area contributed by atoms with Crippen LogP contribution in [0, 0.1) is 0 Å². The first-order valence-electron chi connectivity index (χ1n) is 9.21. The zero-order valence-corrected chi connectivity index (χ0v) is 15.6. The monoisotopic (exact) mass is 354 g/mol. The highest BCUT2D eigenvalue weighted by Crippen LogP contribution is 2.41. The molecule has 3 nitrogen and oxygen atoms in total. The van der Waals surface area contributed by atoms with Gasteiger partial charge < -0.3 is 9.64 Å². The molecule has 0 atom stereocenters. The second-order valence-corrected chi connectivity index (χ2v) is 6.47. The van der Waals surface area contributed by atoms with Gasteiger partial charge in [-0.1, -0.05) is 54.6 Å². The van der Waals surface area contributed by atoms with Crippen LogP contribution in [0.15, 0.2) is 95.8 Å². The molecule has 134 valence electrons. The highest BCUT2D eigenvalue weighted by Gasteiger charge is 2.25. The molecule has 0 amide bonds. The Labute approximate surface area is 160 Å². The first kappa shape index (κ1) is 17.1. The third kappa shape index (κ3) is 3.63. The van der Waals surface area contributed by atoms with Gasteiger partial charge in [-0.3, -0.25) is 4.99 Å². The van der Waals surface area contributed by atoms with Crippen LogP contribution < -0.4 is 9.64 Å². The van der Waals surface area contributed by atoms with Crippen molar-refractivity contribution in [1.29, 1.82) is 0 Å². The van der Waals surface area contributed by atoms with Crippen molar-refractivity contribution in [2.24, 2.45) is 4.99 Å². The average molecular weight is 354 g/mol. The summed E-state index contributed by atoms with van der Waals surface area (Å²) < 4.78 is 6.12. The summed E-state index contributed by atoms with van der Waals surface area (Å²) in [7, 11) is 0. The molecule has 3 aromatic carbocycles. The maximum atomic E-state index is 6.12. The van der Waals surface area contributed by atoms with Crippen LogP contribution in [0.1, 0.15) is 13.8 Å². The fraction of sp³-hybridized carbons (Fsp3) is 0.125. The second kappa shape index (κ2) is 7.50. The molecule has 0 aliphatic carbocycles. The van der Waals surface area contributed by atoms with E-state index in [1.54, 1.807) is 0 Å². The molecule has 27 heavy (non-hydrogen) atoms. The van der Waals surface area contributed by atoms with Crippen LogP contribution in [0.5, 0.6) is 5.75 Å². The second-order valence-electron chi connectivity index (χ2n) is 6.47. The molecule has 4 rings (SSSR count). The fourth-order valence-corrected chi connectivity index (χ4v) is 3.26. The maximum absolute atomic E-state index is 6.12. The van der Waals surface area contributed by atoms with Gasteiger partial charge in [0.2, 0.25) is 5.88 Å². The third-order valence-corrected chi connectivity index (χ3v) is 4.55. The van der Waals surface area contributed by atoms with E-state index in [0.717, 1.165) is 35.3 Å². The number of hydrogen-bond acceptors (Lipinski definition) is 3. The van der Waals surface area contributed by atoms with Crippen molar-refractivity contribution in [3.05, 3.63) is 90.8 Å². The zero-order chi connectivity index (χ0) is 18.6. The van der Waals surface area contributed by atoms with Crippen molar-refractivity contribution in [3.8, 4) is 16.9 Å². The van der Waals surface area contributed by atoms with Crippen LogP contribution in [-0.4, -0.2) is 12.3 Å². The van der Waals surface area contributed by atoms with E-state index in [4.69, 9.17) is 4.74 Å². The van der Waals surface area contributed by atoms with Gasteiger partial charge in [0.1, 0.15) is 0 Å². The topological polar surface area (TPSA) is 24.8 Å². The van der Waals surface area contributed by atoms with E-state index in [1.807, 2.05) is 55.5 Å². The van der Waals surface area contributed by atoms with Gasteiger partial charge in [-0.25, -0.2) is 0 Å². The van der Waals surface area contributed by atoms with E-state index in [9.17, 15) is 0 Å². The van der Waals surface area contributed by atoms with Gasteiger partial charge in [0.15, 0.2) is 5.75 Å². The van der Waals surface area contributed by atoms with Gasteiger partial charge in [0, 0.05) is 18.3 Å². The van der Waals surface area contributed by atoms with E-state index in [2.05, 4.69) is 53.2 Å². The SMILES string of the molecule is CCN1/C(=C\C(C)=Nc2ccccc2)Oc2ccc(-c3ccccc3)cc21. The minimum atomic E-state index is 0.815. The molecule has 0 N–H and O–H groups in total. The Balaban J connectivity index is 1.65. The largest absolute Gasteiger partial charge is 0.439 e. The van der Waals surface area contributed by atoms with Gasteiger partial charge >= 0.3 is 0 Å². The highest BCUT2D eigenvalue weighted by atomic mass is 16.5. The summed E-state index contributed by atoms with van der Waals surface area (Å²) >= 11 is 0. The summed E-state index contributed by atoms with van der Waals surface area (Å²) in [5, 5.41) is 0. The molecule has 0 unspecified atom stereocenters. The number of benzene rings is 3. The molecule has 1 aliphatic rings. The van der Waals surface area contributed by atoms with Crippen LogP contribution in [0.3, 0.4) is 0 Å². The molecule has 1 heterocycles. The summed E-state index contributed by atoms with van der Waals surface area (Å²) in [4.78, 5) is 6.84. The lowest BCUT2D eigenvalue weighted by molar-refractivity contribution is 0.441. The number of ether oxygens (including phenoxy) is 1. The fourth-order valence-electron chi connectivity index (χ4n) is 3.26. The van der Waals surface area contributed by atoms with Crippen molar-refractivity contribution in [2.75, 3.05) is 11.4 Å². The smallest absolute Gasteiger partial charge is 0.202 e.